The summed E-state index contributed by atoms with van der Waals surface area (Å²) in [5, 5.41) is 5.55. The molecule has 2 aromatic heterocycles. The molecule has 0 radical (unpaired) electrons. The lowest BCUT2D eigenvalue weighted by atomic mass is 10.0. The fraction of sp³-hybridized carbons (Fsp3) is 0.136. The number of carbonyl (C=O) groups is 2. The molecule has 4 rings (SSSR count). The van der Waals surface area contributed by atoms with Crippen molar-refractivity contribution in [2.45, 2.75) is 12.1 Å². The van der Waals surface area contributed by atoms with Gasteiger partial charge in [0.05, 0.1) is 12.9 Å². The molecule has 0 unspecified atom stereocenters. The largest absolute Gasteiger partial charge is 0.465 e. The number of methoxy groups -OCH3 is 1. The predicted molar refractivity (Wildman–Crippen MR) is 119 cm³/mol. The summed E-state index contributed by atoms with van der Waals surface area (Å²) in [4.78, 5) is 29.3. The average molecular weight is 439 g/mol. The van der Waals surface area contributed by atoms with Gasteiger partial charge in [0, 0.05) is 10.9 Å². The van der Waals surface area contributed by atoms with Gasteiger partial charge in [-0.15, -0.1) is 11.3 Å². The maximum Gasteiger partial charge on any atom is 0.341 e. The number of benzene rings is 2. The first kappa shape index (κ1) is 20.2. The number of fused-ring (bicyclic) bond motifs is 1. The summed E-state index contributed by atoms with van der Waals surface area (Å²) in [6.45, 7) is 2.00. The normalized spacial score (nSPS) is 10.9. The first-order valence-corrected chi connectivity index (χ1v) is 11.0. The van der Waals surface area contributed by atoms with Crippen molar-refractivity contribution < 1.29 is 18.7 Å². The summed E-state index contributed by atoms with van der Waals surface area (Å²) < 4.78 is 10.6. The van der Waals surface area contributed by atoms with Gasteiger partial charge in [-0.1, -0.05) is 53.7 Å². The van der Waals surface area contributed by atoms with Crippen LogP contribution in [0.5, 0.6) is 0 Å². The van der Waals surface area contributed by atoms with E-state index >= 15 is 0 Å². The van der Waals surface area contributed by atoms with E-state index in [9.17, 15) is 9.59 Å². The fourth-order valence-corrected chi connectivity index (χ4v) is 4.51. The molecule has 0 fully saturated rings. The maximum absolute atomic E-state index is 12.5. The van der Waals surface area contributed by atoms with Gasteiger partial charge in [-0.3, -0.25) is 4.79 Å². The zero-order valence-corrected chi connectivity index (χ0v) is 17.9. The van der Waals surface area contributed by atoms with E-state index in [1.165, 1.54) is 30.2 Å². The second-order valence-electron chi connectivity index (χ2n) is 6.50. The second-order valence-corrected chi connectivity index (χ2v) is 8.30. The summed E-state index contributed by atoms with van der Waals surface area (Å²) >= 11 is 2.49. The molecule has 0 bridgehead atoms. The Labute approximate surface area is 181 Å². The molecule has 1 amide bonds. The number of nitrogens with one attached hydrogen (secondary N) is 1. The quantitative estimate of drug-likeness (QED) is 0.321. The highest BCUT2D eigenvalue weighted by Crippen LogP contribution is 2.36. The van der Waals surface area contributed by atoms with Crippen LogP contribution in [-0.4, -0.2) is 29.7 Å². The molecule has 0 aliphatic carbocycles. The number of hydrogen-bond acceptors (Lipinski definition) is 7. The molecule has 4 aromatic rings. The Morgan fingerprint density at radius 2 is 1.93 bits per heavy atom. The third-order valence-electron chi connectivity index (χ3n) is 4.40. The number of thiophene rings is 1. The topological polar surface area (TPSA) is 81.4 Å². The Morgan fingerprint density at radius 3 is 2.67 bits per heavy atom. The van der Waals surface area contributed by atoms with E-state index in [1.54, 1.807) is 0 Å². The molecule has 1 N–H and O–H groups in total. The van der Waals surface area contributed by atoms with E-state index in [4.69, 9.17) is 9.15 Å². The first-order chi connectivity index (χ1) is 14.5. The molecule has 0 aliphatic heterocycles. The van der Waals surface area contributed by atoms with Crippen molar-refractivity contribution in [1.82, 2.24) is 4.98 Å². The maximum atomic E-state index is 12.5. The van der Waals surface area contributed by atoms with Gasteiger partial charge in [0.2, 0.25) is 5.91 Å². The van der Waals surface area contributed by atoms with Crippen molar-refractivity contribution in [3.8, 4) is 11.1 Å². The molecule has 2 heterocycles. The Kier molecular flexibility index (Phi) is 5.87. The summed E-state index contributed by atoms with van der Waals surface area (Å²) in [5.41, 5.74) is 4.51. The lowest BCUT2D eigenvalue weighted by Gasteiger charge is -2.07. The summed E-state index contributed by atoms with van der Waals surface area (Å²) in [6, 6.07) is 15.3. The van der Waals surface area contributed by atoms with E-state index in [1.807, 2.05) is 60.8 Å². The molecule has 0 saturated carbocycles. The monoisotopic (exact) mass is 438 g/mol. The van der Waals surface area contributed by atoms with Crippen molar-refractivity contribution in [2.24, 2.45) is 0 Å². The molecule has 30 heavy (non-hydrogen) atoms. The number of para-hydroxylation sites is 2. The van der Waals surface area contributed by atoms with Gasteiger partial charge in [-0.2, -0.15) is 0 Å². The molecule has 0 saturated heterocycles. The number of esters is 1. The zero-order valence-electron chi connectivity index (χ0n) is 16.3. The van der Waals surface area contributed by atoms with Crippen molar-refractivity contribution in [3.63, 3.8) is 0 Å². The van der Waals surface area contributed by atoms with Crippen LogP contribution in [0.3, 0.4) is 0 Å². The fourth-order valence-electron chi connectivity index (χ4n) is 2.90. The number of nitrogens with zero attached hydrogens (tertiary/aromatic N) is 1. The van der Waals surface area contributed by atoms with Crippen molar-refractivity contribution in [1.29, 1.82) is 0 Å². The lowest BCUT2D eigenvalue weighted by molar-refractivity contribution is -0.113. The number of aryl methyl sites for hydroxylation is 1. The Bertz CT molecular complexity index is 1180. The highest BCUT2D eigenvalue weighted by molar-refractivity contribution is 7.99. The standard InChI is InChI=1S/C22H18N2O4S2/c1-13-7-9-14(10-8-13)15-11-29-20(19(15)21(26)27-2)24-18(25)12-30-22-23-16-5-3-4-6-17(16)28-22/h3-11H,12H2,1-2H3,(H,24,25). The van der Waals surface area contributed by atoms with Crippen LogP contribution in [0.4, 0.5) is 5.00 Å². The third kappa shape index (κ3) is 4.24. The number of rotatable bonds is 6. The molecule has 2 aromatic carbocycles. The van der Waals surface area contributed by atoms with Gasteiger partial charge in [-0.05, 0) is 24.6 Å². The van der Waals surface area contributed by atoms with Gasteiger partial charge in [0.1, 0.15) is 16.1 Å². The van der Waals surface area contributed by atoms with E-state index in [0.717, 1.165) is 22.2 Å². The highest BCUT2D eigenvalue weighted by Gasteiger charge is 2.22. The summed E-state index contributed by atoms with van der Waals surface area (Å²) in [5.74, 6) is -0.649. The van der Waals surface area contributed by atoms with Crippen LogP contribution in [-0.2, 0) is 9.53 Å². The van der Waals surface area contributed by atoms with Crippen LogP contribution in [0.15, 0.2) is 63.6 Å². The number of thioether (sulfide) groups is 1. The Hall–Kier alpha value is -3.10. The minimum Gasteiger partial charge on any atom is -0.465 e. The van der Waals surface area contributed by atoms with Crippen molar-refractivity contribution >= 4 is 51.1 Å². The molecule has 0 spiro atoms. The number of anilines is 1. The molecule has 0 aliphatic rings. The predicted octanol–water partition coefficient (Wildman–Crippen LogP) is 5.38. The van der Waals surface area contributed by atoms with Crippen LogP contribution in [0.1, 0.15) is 15.9 Å². The van der Waals surface area contributed by atoms with Crippen molar-refractivity contribution in [3.05, 3.63) is 65.0 Å². The number of ether oxygens (including phenoxy) is 1. The lowest BCUT2D eigenvalue weighted by Crippen LogP contribution is -2.16. The summed E-state index contributed by atoms with van der Waals surface area (Å²) in [7, 11) is 1.33. The number of hydrogen-bond donors (Lipinski definition) is 1. The number of aromatic nitrogens is 1. The Morgan fingerprint density at radius 1 is 1.17 bits per heavy atom. The third-order valence-corrected chi connectivity index (χ3v) is 6.12. The van der Waals surface area contributed by atoms with Gasteiger partial charge in [-0.25, -0.2) is 9.78 Å². The highest BCUT2D eigenvalue weighted by atomic mass is 32.2. The van der Waals surface area contributed by atoms with Crippen LogP contribution in [0.25, 0.3) is 22.2 Å². The van der Waals surface area contributed by atoms with Gasteiger partial charge in [0.25, 0.3) is 5.22 Å². The van der Waals surface area contributed by atoms with Crippen LogP contribution in [0.2, 0.25) is 0 Å². The zero-order chi connectivity index (χ0) is 21.1. The number of carbonyl (C=O) groups excluding carboxylic acids is 2. The SMILES string of the molecule is COC(=O)c1c(-c2ccc(C)cc2)csc1NC(=O)CSc1nc2ccccc2o1. The molecule has 6 nitrogen and oxygen atoms in total. The van der Waals surface area contributed by atoms with Crippen LogP contribution in [0, 0.1) is 6.92 Å². The number of oxazole rings is 1. The minimum atomic E-state index is -0.492. The average Bonchev–Trinajstić information content (AvgIpc) is 3.36. The van der Waals surface area contributed by atoms with Crippen molar-refractivity contribution in [2.75, 3.05) is 18.2 Å². The molecular weight excluding hydrogens is 420 g/mol. The van der Waals surface area contributed by atoms with Gasteiger partial charge < -0.3 is 14.5 Å². The van der Waals surface area contributed by atoms with E-state index in [-0.39, 0.29) is 11.7 Å². The van der Waals surface area contributed by atoms with E-state index < -0.39 is 5.97 Å². The van der Waals surface area contributed by atoms with Crippen LogP contribution >= 0.6 is 23.1 Å². The van der Waals surface area contributed by atoms with Crippen LogP contribution < -0.4 is 5.32 Å². The molecule has 0 atom stereocenters. The van der Waals surface area contributed by atoms with E-state index in [0.29, 0.717) is 21.4 Å². The minimum absolute atomic E-state index is 0.102. The molecular formula is C22H18N2O4S2. The Balaban J connectivity index is 1.51. The first-order valence-electron chi connectivity index (χ1n) is 9.10. The smallest absolute Gasteiger partial charge is 0.341 e. The number of amides is 1. The molecule has 152 valence electrons. The second kappa shape index (κ2) is 8.73. The van der Waals surface area contributed by atoms with Gasteiger partial charge in [0.15, 0.2) is 5.58 Å². The summed E-state index contributed by atoms with van der Waals surface area (Å²) in [6.07, 6.45) is 0. The molecule has 8 heteroatoms. The van der Waals surface area contributed by atoms with Gasteiger partial charge >= 0.3 is 5.97 Å². The van der Waals surface area contributed by atoms with E-state index in [2.05, 4.69) is 10.3 Å².